The van der Waals surface area contributed by atoms with Gasteiger partial charge in [0.2, 0.25) is 5.91 Å². The van der Waals surface area contributed by atoms with Crippen LogP contribution in [0.2, 0.25) is 0 Å². The molecule has 0 unspecified atom stereocenters. The highest BCUT2D eigenvalue weighted by Gasteiger charge is 2.30. The first-order valence-electron chi connectivity index (χ1n) is 5.74. The van der Waals surface area contributed by atoms with E-state index in [0.29, 0.717) is 19.6 Å². The summed E-state index contributed by atoms with van der Waals surface area (Å²) in [5.74, 6) is 0.926. The minimum Gasteiger partial charge on any atom is -0.490 e. The van der Waals surface area contributed by atoms with Crippen LogP contribution in [-0.4, -0.2) is 35.0 Å². The Kier molecular flexibility index (Phi) is 3.75. The molecular weight excluding hydrogens is 216 g/mol. The highest BCUT2D eigenvalue weighted by atomic mass is 16.5. The number of likely N-dealkylation sites (tertiary alicyclic amines) is 1. The molecule has 0 spiro atoms. The predicted octanol–water partition coefficient (Wildman–Crippen LogP) is 1.64. The van der Waals surface area contributed by atoms with E-state index in [0.717, 1.165) is 12.2 Å². The van der Waals surface area contributed by atoms with Gasteiger partial charge in [-0.25, -0.2) is 0 Å². The second kappa shape index (κ2) is 5.48. The smallest absolute Gasteiger partial charge is 0.223 e. The molecule has 4 nitrogen and oxygen atoms in total. The van der Waals surface area contributed by atoms with Gasteiger partial charge < -0.3 is 9.64 Å². The van der Waals surface area contributed by atoms with Crippen molar-refractivity contribution in [2.45, 2.75) is 18.9 Å². The van der Waals surface area contributed by atoms with Crippen LogP contribution in [0.25, 0.3) is 0 Å². The van der Waals surface area contributed by atoms with Crippen molar-refractivity contribution in [3.8, 4) is 5.75 Å². The van der Waals surface area contributed by atoms with Gasteiger partial charge in [-0.1, -0.05) is 6.08 Å². The Morgan fingerprint density at radius 3 is 3.24 bits per heavy atom. The molecule has 1 amide bonds. The summed E-state index contributed by atoms with van der Waals surface area (Å²) in [6, 6.07) is 3.85. The Morgan fingerprint density at radius 2 is 2.53 bits per heavy atom. The van der Waals surface area contributed by atoms with Crippen LogP contribution in [0.1, 0.15) is 12.8 Å². The highest BCUT2D eigenvalue weighted by Crippen LogP contribution is 2.19. The van der Waals surface area contributed by atoms with Gasteiger partial charge in [0.1, 0.15) is 12.4 Å². The van der Waals surface area contributed by atoms with Crippen LogP contribution in [-0.2, 0) is 4.79 Å². The van der Waals surface area contributed by atoms with Crippen LogP contribution >= 0.6 is 0 Å². The van der Waals surface area contributed by atoms with Crippen molar-refractivity contribution in [1.82, 2.24) is 9.88 Å². The van der Waals surface area contributed by atoms with Gasteiger partial charge in [0.25, 0.3) is 0 Å². The summed E-state index contributed by atoms with van der Waals surface area (Å²) < 4.78 is 5.62. The molecule has 0 saturated carbocycles. The first-order chi connectivity index (χ1) is 8.31. The van der Waals surface area contributed by atoms with E-state index in [1.54, 1.807) is 18.5 Å². The lowest BCUT2D eigenvalue weighted by molar-refractivity contribution is -0.128. The van der Waals surface area contributed by atoms with Gasteiger partial charge in [-0.3, -0.25) is 9.78 Å². The molecule has 1 saturated heterocycles. The molecule has 2 rings (SSSR count). The molecular formula is C13H16N2O2. The lowest BCUT2D eigenvalue weighted by Crippen LogP contribution is -2.37. The maximum atomic E-state index is 11.6. The normalized spacial score (nSPS) is 19.4. The first kappa shape index (κ1) is 11.6. The number of pyridine rings is 1. The average Bonchev–Trinajstić information content (AvgIpc) is 2.70. The molecule has 1 fully saturated rings. The van der Waals surface area contributed by atoms with Crippen molar-refractivity contribution >= 4 is 5.91 Å². The van der Waals surface area contributed by atoms with Gasteiger partial charge in [0.05, 0.1) is 12.2 Å². The third kappa shape index (κ3) is 2.84. The molecule has 0 aliphatic carbocycles. The Morgan fingerprint density at radius 1 is 1.65 bits per heavy atom. The second-order valence-electron chi connectivity index (χ2n) is 4.03. The van der Waals surface area contributed by atoms with Crippen molar-refractivity contribution < 1.29 is 9.53 Å². The zero-order chi connectivity index (χ0) is 12.1. The van der Waals surface area contributed by atoms with Crippen molar-refractivity contribution in [1.29, 1.82) is 0 Å². The standard InChI is InChI=1S/C13H16N2O2/c1-2-8-15-11(5-6-13(15)16)10-17-12-4-3-7-14-9-12/h2-4,7,9,11H,1,5-6,8,10H2/t11-/m0/s1. The van der Waals surface area contributed by atoms with Gasteiger partial charge in [0.15, 0.2) is 0 Å². The van der Waals surface area contributed by atoms with E-state index in [1.165, 1.54) is 0 Å². The number of nitrogens with zero attached hydrogens (tertiary/aromatic N) is 2. The summed E-state index contributed by atoms with van der Waals surface area (Å²) in [5, 5.41) is 0. The van der Waals surface area contributed by atoms with Crippen LogP contribution in [0.15, 0.2) is 37.2 Å². The molecule has 1 aliphatic rings. The maximum Gasteiger partial charge on any atom is 0.223 e. The summed E-state index contributed by atoms with van der Waals surface area (Å²) in [4.78, 5) is 17.4. The summed E-state index contributed by atoms with van der Waals surface area (Å²) in [6.45, 7) is 4.78. The fraction of sp³-hybridized carbons (Fsp3) is 0.385. The van der Waals surface area contributed by atoms with Crippen molar-refractivity contribution in [2.75, 3.05) is 13.2 Å². The van der Waals surface area contributed by atoms with E-state index in [2.05, 4.69) is 11.6 Å². The first-order valence-corrected chi connectivity index (χ1v) is 5.74. The molecule has 1 atom stereocenters. The Hall–Kier alpha value is -1.84. The van der Waals surface area contributed by atoms with E-state index < -0.39 is 0 Å². The van der Waals surface area contributed by atoms with E-state index >= 15 is 0 Å². The zero-order valence-corrected chi connectivity index (χ0v) is 9.71. The molecule has 1 aliphatic heterocycles. The molecule has 90 valence electrons. The van der Waals surface area contributed by atoms with E-state index in [4.69, 9.17) is 4.74 Å². The largest absolute Gasteiger partial charge is 0.490 e. The lowest BCUT2D eigenvalue weighted by Gasteiger charge is -2.23. The third-order valence-corrected chi connectivity index (χ3v) is 2.86. The van der Waals surface area contributed by atoms with Crippen LogP contribution in [0, 0.1) is 0 Å². The van der Waals surface area contributed by atoms with Crippen molar-refractivity contribution in [3.63, 3.8) is 0 Å². The number of ether oxygens (including phenoxy) is 1. The summed E-state index contributed by atoms with van der Waals surface area (Å²) in [6.07, 6.45) is 6.59. The Bertz CT molecular complexity index is 392. The van der Waals surface area contributed by atoms with Crippen LogP contribution < -0.4 is 4.74 Å². The van der Waals surface area contributed by atoms with Crippen LogP contribution in [0.4, 0.5) is 0 Å². The molecule has 0 aromatic carbocycles. The molecule has 0 N–H and O–H groups in total. The van der Waals surface area contributed by atoms with E-state index in [1.807, 2.05) is 17.0 Å². The maximum absolute atomic E-state index is 11.6. The minimum atomic E-state index is 0.153. The molecule has 17 heavy (non-hydrogen) atoms. The van der Waals surface area contributed by atoms with E-state index in [9.17, 15) is 4.79 Å². The number of hydrogen-bond acceptors (Lipinski definition) is 3. The topological polar surface area (TPSA) is 42.4 Å². The molecule has 2 heterocycles. The second-order valence-corrected chi connectivity index (χ2v) is 4.03. The Balaban J connectivity index is 1.90. The van der Waals surface area contributed by atoms with Crippen molar-refractivity contribution in [2.24, 2.45) is 0 Å². The van der Waals surface area contributed by atoms with Gasteiger partial charge >= 0.3 is 0 Å². The fourth-order valence-corrected chi connectivity index (χ4v) is 1.98. The van der Waals surface area contributed by atoms with Crippen LogP contribution in [0.3, 0.4) is 0 Å². The van der Waals surface area contributed by atoms with E-state index in [-0.39, 0.29) is 11.9 Å². The third-order valence-electron chi connectivity index (χ3n) is 2.86. The van der Waals surface area contributed by atoms with Gasteiger partial charge in [-0.15, -0.1) is 6.58 Å². The minimum absolute atomic E-state index is 0.153. The fourth-order valence-electron chi connectivity index (χ4n) is 1.98. The Labute approximate surface area is 101 Å². The summed E-state index contributed by atoms with van der Waals surface area (Å²) >= 11 is 0. The number of aromatic nitrogens is 1. The van der Waals surface area contributed by atoms with Gasteiger partial charge in [-0.2, -0.15) is 0 Å². The highest BCUT2D eigenvalue weighted by molar-refractivity contribution is 5.78. The number of rotatable bonds is 5. The number of carbonyl (C=O) groups is 1. The summed E-state index contributed by atoms with van der Waals surface area (Å²) in [7, 11) is 0. The number of amides is 1. The van der Waals surface area contributed by atoms with Crippen molar-refractivity contribution in [3.05, 3.63) is 37.2 Å². The van der Waals surface area contributed by atoms with Gasteiger partial charge in [-0.05, 0) is 18.6 Å². The SMILES string of the molecule is C=CCN1C(=O)CC[C@H]1COc1cccnc1. The summed E-state index contributed by atoms with van der Waals surface area (Å²) in [5.41, 5.74) is 0. The molecule has 4 heteroatoms. The monoisotopic (exact) mass is 232 g/mol. The molecule has 0 bridgehead atoms. The lowest BCUT2D eigenvalue weighted by atomic mass is 10.2. The molecule has 1 aromatic rings. The molecule has 0 radical (unpaired) electrons. The average molecular weight is 232 g/mol. The van der Waals surface area contributed by atoms with Crippen LogP contribution in [0.5, 0.6) is 5.75 Å². The van der Waals surface area contributed by atoms with Gasteiger partial charge in [0, 0.05) is 19.2 Å². The zero-order valence-electron chi connectivity index (χ0n) is 9.71. The number of carbonyl (C=O) groups excluding carboxylic acids is 1. The predicted molar refractivity (Wildman–Crippen MR) is 64.7 cm³/mol. The quantitative estimate of drug-likeness (QED) is 0.725. The molecule has 1 aromatic heterocycles. The number of hydrogen-bond donors (Lipinski definition) is 0.